The van der Waals surface area contributed by atoms with Crippen LogP contribution in [0.15, 0.2) is 29.1 Å². The van der Waals surface area contributed by atoms with Crippen LogP contribution in [0, 0.1) is 25.2 Å². The molecule has 1 aliphatic rings. The van der Waals surface area contributed by atoms with E-state index in [0.29, 0.717) is 34.9 Å². The Kier molecular flexibility index (Phi) is 5.27. The number of aromatic amines is 1. The van der Waals surface area contributed by atoms with Gasteiger partial charge in [-0.3, -0.25) is 14.4 Å². The van der Waals surface area contributed by atoms with Crippen molar-refractivity contribution in [3.8, 4) is 6.07 Å². The summed E-state index contributed by atoms with van der Waals surface area (Å²) in [5.74, 6) is 0.0154. The maximum atomic E-state index is 12.8. The molecule has 1 fully saturated rings. The fraction of sp³-hybridized carbons (Fsp3) is 0.350. The van der Waals surface area contributed by atoms with Crippen LogP contribution in [-0.4, -0.2) is 45.8 Å². The summed E-state index contributed by atoms with van der Waals surface area (Å²) in [6.07, 6.45) is -0.0943. The van der Waals surface area contributed by atoms with E-state index < -0.39 is 0 Å². The van der Waals surface area contributed by atoms with Gasteiger partial charge in [0.25, 0.3) is 5.56 Å². The molecular weight excluding hydrogens is 358 g/mol. The summed E-state index contributed by atoms with van der Waals surface area (Å²) in [5.41, 5.74) is 1.73. The van der Waals surface area contributed by atoms with Crippen LogP contribution < -0.4 is 10.5 Å². The lowest BCUT2D eigenvalue weighted by molar-refractivity contribution is -0.138. The molecule has 0 unspecified atom stereocenters. The Balaban J connectivity index is 1.75. The first kappa shape index (κ1) is 19.3. The van der Waals surface area contributed by atoms with Crippen LogP contribution in [0.1, 0.15) is 29.6 Å². The van der Waals surface area contributed by atoms with E-state index in [9.17, 15) is 14.4 Å². The zero-order valence-electron chi connectivity index (χ0n) is 16.0. The van der Waals surface area contributed by atoms with Gasteiger partial charge < -0.3 is 14.8 Å². The topological polar surface area (TPSA) is 110 Å². The molecule has 2 amide bonds. The lowest BCUT2D eigenvalue weighted by Crippen LogP contribution is -2.57. The molecule has 28 heavy (non-hydrogen) atoms. The minimum Gasteiger partial charge on any atom is -0.329 e. The van der Waals surface area contributed by atoms with Crippen LogP contribution in [0.2, 0.25) is 0 Å². The number of nitrogens with one attached hydrogen (secondary N) is 1. The summed E-state index contributed by atoms with van der Waals surface area (Å²) in [6.45, 7) is 5.53. The highest BCUT2D eigenvalue weighted by atomic mass is 16.2. The maximum Gasteiger partial charge on any atom is 0.254 e. The van der Waals surface area contributed by atoms with Gasteiger partial charge in [0.05, 0.1) is 18.1 Å². The number of H-pyrrole nitrogens is 1. The molecule has 8 heteroatoms. The van der Waals surface area contributed by atoms with Gasteiger partial charge in [0.15, 0.2) is 0 Å². The predicted molar refractivity (Wildman–Crippen MR) is 103 cm³/mol. The van der Waals surface area contributed by atoms with Crippen molar-refractivity contribution in [3.63, 3.8) is 0 Å². The molecule has 1 atom stereocenters. The molecule has 0 saturated carbocycles. The second-order valence-corrected chi connectivity index (χ2v) is 6.93. The Morgan fingerprint density at radius 3 is 2.57 bits per heavy atom. The molecule has 1 aliphatic heterocycles. The number of piperazine rings is 1. The summed E-state index contributed by atoms with van der Waals surface area (Å²) in [5, 5.41) is 8.90. The third-order valence-corrected chi connectivity index (χ3v) is 4.88. The lowest BCUT2D eigenvalue weighted by Gasteiger charge is -2.39. The van der Waals surface area contributed by atoms with Gasteiger partial charge in [-0.25, -0.2) is 4.98 Å². The Labute approximate surface area is 162 Å². The van der Waals surface area contributed by atoms with Crippen molar-refractivity contribution in [1.82, 2.24) is 14.9 Å². The summed E-state index contributed by atoms with van der Waals surface area (Å²) < 4.78 is 0. The summed E-state index contributed by atoms with van der Waals surface area (Å²) in [6, 6.07) is 8.60. The van der Waals surface area contributed by atoms with Gasteiger partial charge >= 0.3 is 0 Å². The van der Waals surface area contributed by atoms with E-state index in [-0.39, 0.29) is 36.4 Å². The number of hydrogen-bond acceptors (Lipinski definition) is 5. The third kappa shape index (κ3) is 3.78. The van der Waals surface area contributed by atoms with Crippen molar-refractivity contribution in [2.24, 2.45) is 0 Å². The zero-order valence-corrected chi connectivity index (χ0v) is 16.0. The van der Waals surface area contributed by atoms with Crippen LogP contribution in [0.4, 0.5) is 5.69 Å². The fourth-order valence-corrected chi connectivity index (χ4v) is 3.36. The molecule has 0 radical (unpaired) electrons. The van der Waals surface area contributed by atoms with E-state index in [4.69, 9.17) is 5.26 Å². The SMILES string of the molecule is Cc1nc(C)c(CC(=O)N2CC(=O)N(c3ccc(C#N)cc3)C[C@H]2C)c(=O)[nH]1. The average Bonchev–Trinajstić information content (AvgIpc) is 2.66. The van der Waals surface area contributed by atoms with Gasteiger partial charge in [0, 0.05) is 29.5 Å². The smallest absolute Gasteiger partial charge is 0.254 e. The highest BCUT2D eigenvalue weighted by molar-refractivity contribution is 5.98. The van der Waals surface area contributed by atoms with Gasteiger partial charge in [0.1, 0.15) is 12.4 Å². The first-order valence-electron chi connectivity index (χ1n) is 8.96. The Morgan fingerprint density at radius 2 is 1.96 bits per heavy atom. The number of aromatic nitrogens is 2. The van der Waals surface area contributed by atoms with E-state index >= 15 is 0 Å². The van der Waals surface area contributed by atoms with Gasteiger partial charge in [-0.1, -0.05) is 0 Å². The van der Waals surface area contributed by atoms with Crippen molar-refractivity contribution in [2.45, 2.75) is 33.2 Å². The molecule has 144 valence electrons. The van der Waals surface area contributed by atoms with Crippen LogP contribution in [0.25, 0.3) is 0 Å². The van der Waals surface area contributed by atoms with E-state index in [2.05, 4.69) is 9.97 Å². The minimum atomic E-state index is -0.325. The standard InChI is InChI=1S/C20H21N5O3/c1-12-10-25(16-6-4-15(9-21)5-7-16)19(27)11-24(12)18(26)8-17-13(2)22-14(3)23-20(17)28/h4-7,12H,8,10-11H2,1-3H3,(H,22,23,28)/t12-/m1/s1. The number of rotatable bonds is 3. The molecule has 1 aromatic carbocycles. The molecule has 0 bridgehead atoms. The Morgan fingerprint density at radius 1 is 1.29 bits per heavy atom. The number of amides is 2. The zero-order chi connectivity index (χ0) is 20.4. The highest BCUT2D eigenvalue weighted by Crippen LogP contribution is 2.21. The molecule has 1 aromatic heterocycles. The first-order chi connectivity index (χ1) is 13.3. The molecule has 3 rings (SSSR count). The van der Waals surface area contributed by atoms with Gasteiger partial charge in [-0.15, -0.1) is 0 Å². The van der Waals surface area contributed by atoms with E-state index in [1.807, 2.05) is 13.0 Å². The predicted octanol–water partition coefficient (Wildman–Crippen LogP) is 1.06. The largest absolute Gasteiger partial charge is 0.329 e. The number of anilines is 1. The van der Waals surface area contributed by atoms with Crippen LogP contribution in [-0.2, 0) is 16.0 Å². The molecule has 0 aliphatic carbocycles. The quantitative estimate of drug-likeness (QED) is 0.858. The number of carbonyl (C=O) groups excluding carboxylic acids is 2. The third-order valence-electron chi connectivity index (χ3n) is 4.88. The fourth-order valence-electron chi connectivity index (χ4n) is 3.36. The molecule has 2 aromatic rings. The average molecular weight is 379 g/mol. The number of aryl methyl sites for hydroxylation is 2. The first-order valence-corrected chi connectivity index (χ1v) is 8.96. The normalized spacial score (nSPS) is 16.8. The van der Waals surface area contributed by atoms with Crippen molar-refractivity contribution >= 4 is 17.5 Å². The second-order valence-electron chi connectivity index (χ2n) is 6.93. The van der Waals surface area contributed by atoms with Crippen molar-refractivity contribution in [3.05, 3.63) is 57.3 Å². The van der Waals surface area contributed by atoms with Crippen molar-refractivity contribution < 1.29 is 9.59 Å². The molecule has 0 spiro atoms. The van der Waals surface area contributed by atoms with Gasteiger partial charge in [0.2, 0.25) is 11.8 Å². The van der Waals surface area contributed by atoms with E-state index in [1.165, 1.54) is 4.90 Å². The Bertz CT molecular complexity index is 1020. The Hall–Kier alpha value is -3.47. The molecule has 2 heterocycles. The second kappa shape index (κ2) is 7.64. The van der Waals surface area contributed by atoms with Crippen LogP contribution in [0.5, 0.6) is 0 Å². The minimum absolute atomic E-state index is 0.0593. The van der Waals surface area contributed by atoms with Gasteiger partial charge in [-0.05, 0) is 45.0 Å². The van der Waals surface area contributed by atoms with Crippen LogP contribution >= 0.6 is 0 Å². The number of nitriles is 1. The van der Waals surface area contributed by atoms with Crippen molar-refractivity contribution in [2.75, 3.05) is 18.0 Å². The van der Waals surface area contributed by atoms with Crippen molar-refractivity contribution in [1.29, 1.82) is 5.26 Å². The summed E-state index contributed by atoms with van der Waals surface area (Å²) >= 11 is 0. The molecule has 8 nitrogen and oxygen atoms in total. The van der Waals surface area contributed by atoms with E-state index in [0.717, 1.165) is 0 Å². The monoisotopic (exact) mass is 379 g/mol. The molecular formula is C20H21N5O3. The molecule has 1 saturated heterocycles. The summed E-state index contributed by atoms with van der Waals surface area (Å²) in [4.78, 5) is 47.5. The number of carbonyl (C=O) groups is 2. The summed E-state index contributed by atoms with van der Waals surface area (Å²) in [7, 11) is 0. The van der Waals surface area contributed by atoms with Crippen LogP contribution in [0.3, 0.4) is 0 Å². The highest BCUT2D eigenvalue weighted by Gasteiger charge is 2.33. The maximum absolute atomic E-state index is 12.8. The number of hydrogen-bond donors (Lipinski definition) is 1. The van der Waals surface area contributed by atoms with E-state index in [1.54, 1.807) is 43.0 Å². The lowest BCUT2D eigenvalue weighted by atomic mass is 10.1. The van der Waals surface area contributed by atoms with Gasteiger partial charge in [-0.2, -0.15) is 5.26 Å². The molecule has 1 N–H and O–H groups in total. The number of nitrogens with zero attached hydrogens (tertiary/aromatic N) is 4. The number of benzene rings is 1.